The lowest BCUT2D eigenvalue weighted by Gasteiger charge is -2.02. The molecule has 1 rings (SSSR count). The second-order valence-electron chi connectivity index (χ2n) is 3.03. The Balaban J connectivity index is 2.96. The minimum Gasteiger partial charge on any atom is -0.232 e. The first-order valence-corrected chi connectivity index (χ1v) is 6.25. The Kier molecular flexibility index (Phi) is 4.26. The van der Waals surface area contributed by atoms with Gasteiger partial charge < -0.3 is 0 Å². The van der Waals surface area contributed by atoms with Crippen LogP contribution in [0.4, 0.5) is 4.39 Å². The summed E-state index contributed by atoms with van der Waals surface area (Å²) in [5, 5.41) is 7.01. The van der Waals surface area contributed by atoms with Crippen LogP contribution in [0.1, 0.15) is 5.56 Å². The van der Waals surface area contributed by atoms with E-state index in [9.17, 15) is 12.8 Å². The quantitative estimate of drug-likeness (QED) is 0.651. The van der Waals surface area contributed by atoms with Gasteiger partial charge in [0, 0.05) is 0 Å². The van der Waals surface area contributed by atoms with Crippen molar-refractivity contribution in [1.82, 2.24) is 0 Å². The molecule has 0 aliphatic rings. The Morgan fingerprint density at radius 2 is 2.19 bits per heavy atom. The molecule has 4 nitrogen and oxygen atoms in total. The van der Waals surface area contributed by atoms with E-state index in [1.54, 1.807) is 0 Å². The van der Waals surface area contributed by atoms with Crippen LogP contribution < -0.4 is 5.14 Å². The van der Waals surface area contributed by atoms with Gasteiger partial charge in [0.25, 0.3) is 0 Å². The summed E-state index contributed by atoms with van der Waals surface area (Å²) >= 11 is 4.38. The molecule has 0 amide bonds. The molecule has 0 fully saturated rings. The zero-order valence-corrected chi connectivity index (χ0v) is 9.81. The average molecular weight is 260 g/mol. The van der Waals surface area contributed by atoms with Crippen molar-refractivity contribution in [3.05, 3.63) is 29.6 Å². The summed E-state index contributed by atoms with van der Waals surface area (Å²) < 4.78 is 35.2. The fourth-order valence-corrected chi connectivity index (χ4v) is 1.84. The van der Waals surface area contributed by atoms with Crippen LogP contribution in [0.25, 0.3) is 0 Å². The van der Waals surface area contributed by atoms with Crippen LogP contribution in [-0.4, -0.2) is 20.1 Å². The zero-order chi connectivity index (χ0) is 12.2. The van der Waals surface area contributed by atoms with E-state index in [-0.39, 0.29) is 0 Å². The summed E-state index contributed by atoms with van der Waals surface area (Å²) in [4.78, 5) is 3.16. The molecule has 0 saturated carbocycles. The van der Waals surface area contributed by atoms with Gasteiger partial charge in [0.1, 0.15) is 10.7 Å². The summed E-state index contributed by atoms with van der Waals surface area (Å²) in [5.41, 5.74) is 0.624. The third-order valence-electron chi connectivity index (χ3n) is 1.88. The molecule has 1 aromatic carbocycles. The van der Waals surface area contributed by atoms with Gasteiger partial charge in [0.2, 0.25) is 10.0 Å². The summed E-state index contributed by atoms with van der Waals surface area (Å²) in [7, 11) is -4.00. The number of aliphatic imine (C=N–C) groups is 1. The second-order valence-corrected chi connectivity index (χ2v) is 4.75. The van der Waals surface area contributed by atoms with Crippen molar-refractivity contribution in [2.24, 2.45) is 10.1 Å². The Morgan fingerprint density at radius 3 is 2.69 bits per heavy atom. The molecule has 2 N–H and O–H groups in total. The molecular formula is C9H9FN2O2S2. The van der Waals surface area contributed by atoms with Crippen LogP contribution >= 0.6 is 12.2 Å². The van der Waals surface area contributed by atoms with Gasteiger partial charge >= 0.3 is 0 Å². The van der Waals surface area contributed by atoms with E-state index in [1.807, 2.05) is 0 Å². The number of benzene rings is 1. The number of hydrogen-bond donors (Lipinski definition) is 1. The van der Waals surface area contributed by atoms with E-state index in [0.717, 1.165) is 12.1 Å². The molecule has 0 unspecified atom stereocenters. The minimum absolute atomic E-state index is 0.387. The maximum absolute atomic E-state index is 13.3. The number of halogens is 1. The molecule has 0 heterocycles. The van der Waals surface area contributed by atoms with E-state index in [1.165, 1.54) is 6.07 Å². The summed E-state index contributed by atoms with van der Waals surface area (Å²) in [6.07, 6.45) is 0.464. The zero-order valence-electron chi connectivity index (χ0n) is 8.18. The van der Waals surface area contributed by atoms with E-state index in [2.05, 4.69) is 22.4 Å². The van der Waals surface area contributed by atoms with Gasteiger partial charge in [-0.25, -0.2) is 22.9 Å². The van der Waals surface area contributed by atoms with Crippen LogP contribution in [0.5, 0.6) is 0 Å². The number of rotatable bonds is 4. The average Bonchev–Trinajstić information content (AvgIpc) is 2.16. The first-order chi connectivity index (χ1) is 7.45. The predicted molar refractivity (Wildman–Crippen MR) is 61.4 cm³/mol. The number of hydrogen-bond acceptors (Lipinski definition) is 4. The number of primary sulfonamides is 1. The topological polar surface area (TPSA) is 72.5 Å². The number of isothiocyanates is 1. The molecule has 0 aromatic heterocycles. The first kappa shape index (κ1) is 12.9. The van der Waals surface area contributed by atoms with Crippen molar-refractivity contribution < 1.29 is 12.8 Å². The lowest BCUT2D eigenvalue weighted by atomic mass is 10.1. The summed E-state index contributed by atoms with van der Waals surface area (Å²) in [5.74, 6) is -0.855. The van der Waals surface area contributed by atoms with Gasteiger partial charge in [-0.15, -0.1) is 0 Å². The Hall–Kier alpha value is -1.14. The maximum Gasteiger partial charge on any atom is 0.240 e. The van der Waals surface area contributed by atoms with E-state index >= 15 is 0 Å². The fraction of sp³-hybridized carbons (Fsp3) is 0.222. The normalized spacial score (nSPS) is 10.9. The fourth-order valence-electron chi connectivity index (χ4n) is 1.16. The van der Waals surface area contributed by atoms with Gasteiger partial charge in [-0.3, -0.25) is 0 Å². The highest BCUT2D eigenvalue weighted by molar-refractivity contribution is 7.89. The molecule has 0 aliphatic carbocycles. The molecular weight excluding hydrogens is 251 g/mol. The first-order valence-electron chi connectivity index (χ1n) is 4.30. The molecule has 0 bridgehead atoms. The summed E-state index contributed by atoms with van der Waals surface area (Å²) in [6.45, 7) is 0.387. The molecule has 0 saturated heterocycles. The highest BCUT2D eigenvalue weighted by Crippen LogP contribution is 2.14. The van der Waals surface area contributed by atoms with E-state index in [0.29, 0.717) is 18.5 Å². The van der Waals surface area contributed by atoms with Gasteiger partial charge in [-0.1, -0.05) is 6.07 Å². The minimum atomic E-state index is -4.00. The Labute approximate surface area is 98.0 Å². The molecule has 0 aliphatic heterocycles. The molecule has 86 valence electrons. The molecule has 0 atom stereocenters. The number of thiocarbonyl (C=S) groups is 1. The molecule has 0 spiro atoms. The second kappa shape index (κ2) is 5.27. The van der Waals surface area contributed by atoms with Crippen molar-refractivity contribution in [1.29, 1.82) is 0 Å². The molecule has 1 aromatic rings. The van der Waals surface area contributed by atoms with Gasteiger partial charge in [-0.05, 0) is 36.3 Å². The number of nitrogens with zero attached hydrogens (tertiary/aromatic N) is 1. The van der Waals surface area contributed by atoms with Crippen molar-refractivity contribution in [3.8, 4) is 0 Å². The maximum atomic E-state index is 13.3. The monoisotopic (exact) mass is 260 g/mol. The van der Waals surface area contributed by atoms with Crippen LogP contribution in [0.2, 0.25) is 0 Å². The van der Waals surface area contributed by atoms with Crippen LogP contribution in [-0.2, 0) is 16.4 Å². The van der Waals surface area contributed by atoms with Crippen LogP contribution in [0.3, 0.4) is 0 Å². The standard InChI is InChI=1S/C9H9FN2O2S2/c10-8-5-7(3-4-12-6-15)1-2-9(8)16(11,13)14/h1-2,5H,3-4H2,(H2,11,13,14). The molecule has 16 heavy (non-hydrogen) atoms. The van der Waals surface area contributed by atoms with E-state index in [4.69, 9.17) is 5.14 Å². The molecule has 7 heteroatoms. The highest BCUT2D eigenvalue weighted by atomic mass is 32.2. The third-order valence-corrected chi connectivity index (χ3v) is 2.95. The summed E-state index contributed by atoms with van der Waals surface area (Å²) in [6, 6.07) is 3.75. The lowest BCUT2D eigenvalue weighted by Crippen LogP contribution is -2.14. The van der Waals surface area contributed by atoms with E-state index < -0.39 is 20.7 Å². The van der Waals surface area contributed by atoms with Crippen molar-refractivity contribution in [2.45, 2.75) is 11.3 Å². The van der Waals surface area contributed by atoms with Crippen LogP contribution in [0.15, 0.2) is 28.1 Å². The van der Waals surface area contributed by atoms with Crippen molar-refractivity contribution in [2.75, 3.05) is 6.54 Å². The largest absolute Gasteiger partial charge is 0.240 e. The molecule has 0 radical (unpaired) electrons. The Morgan fingerprint density at radius 1 is 1.50 bits per heavy atom. The van der Waals surface area contributed by atoms with Gasteiger partial charge in [-0.2, -0.15) is 0 Å². The Bertz CT molecular complexity index is 536. The third kappa shape index (κ3) is 3.46. The lowest BCUT2D eigenvalue weighted by molar-refractivity contribution is 0.567. The SMILES string of the molecule is NS(=O)(=O)c1ccc(CCN=C=S)cc1F. The number of nitrogens with two attached hydrogens (primary N) is 1. The smallest absolute Gasteiger partial charge is 0.232 e. The van der Waals surface area contributed by atoms with Gasteiger partial charge in [0.15, 0.2) is 0 Å². The van der Waals surface area contributed by atoms with Crippen molar-refractivity contribution in [3.63, 3.8) is 0 Å². The van der Waals surface area contributed by atoms with Crippen LogP contribution in [0, 0.1) is 5.82 Å². The predicted octanol–water partition coefficient (Wildman–Crippen LogP) is 1.12. The highest BCUT2D eigenvalue weighted by Gasteiger charge is 2.13. The number of sulfonamides is 1. The van der Waals surface area contributed by atoms with Crippen molar-refractivity contribution >= 4 is 27.4 Å². The van der Waals surface area contributed by atoms with Gasteiger partial charge in [0.05, 0.1) is 11.7 Å².